The van der Waals surface area contributed by atoms with Crippen LogP contribution in [-0.2, 0) is 14.6 Å². The topological polar surface area (TPSA) is 104 Å². The first kappa shape index (κ1) is 14.1. The molecule has 0 saturated carbocycles. The molecule has 0 aromatic rings. The summed E-state index contributed by atoms with van der Waals surface area (Å²) in [6, 6.07) is -0.698. The number of carbonyl (C=O) groups excluding carboxylic acids is 1. The number of piperidine rings is 1. The lowest BCUT2D eigenvalue weighted by molar-refractivity contribution is -0.143. The van der Waals surface area contributed by atoms with E-state index in [9.17, 15) is 18.0 Å². The van der Waals surface area contributed by atoms with E-state index in [0.717, 1.165) is 0 Å². The van der Waals surface area contributed by atoms with Crippen molar-refractivity contribution in [2.45, 2.75) is 25.3 Å². The van der Waals surface area contributed by atoms with Crippen LogP contribution in [0.15, 0.2) is 0 Å². The predicted octanol–water partition coefficient (Wildman–Crippen LogP) is -0.320. The summed E-state index contributed by atoms with van der Waals surface area (Å²) in [6.07, 6.45) is 1.68. The van der Waals surface area contributed by atoms with E-state index in [1.54, 1.807) is 0 Å². The molecule has 2 aliphatic heterocycles. The van der Waals surface area contributed by atoms with Crippen LogP contribution in [0, 0.1) is 5.92 Å². The van der Waals surface area contributed by atoms with Gasteiger partial charge in [0.05, 0.1) is 17.4 Å². The second-order valence-corrected chi connectivity index (χ2v) is 7.40. The lowest BCUT2D eigenvalue weighted by Gasteiger charge is -2.31. The van der Waals surface area contributed by atoms with Crippen LogP contribution < -0.4 is 5.32 Å². The van der Waals surface area contributed by atoms with E-state index in [-0.39, 0.29) is 30.1 Å². The van der Waals surface area contributed by atoms with Gasteiger partial charge in [0.1, 0.15) is 0 Å². The Morgan fingerprint density at radius 1 is 1.26 bits per heavy atom. The summed E-state index contributed by atoms with van der Waals surface area (Å²) < 4.78 is 22.6. The number of carboxylic acids is 1. The van der Waals surface area contributed by atoms with Crippen LogP contribution in [0.2, 0.25) is 0 Å². The SMILES string of the molecule is O=C(O)C1CCCN(C(=O)NC2CCS(=O)(=O)C2)C1. The fourth-order valence-electron chi connectivity index (χ4n) is 2.54. The van der Waals surface area contributed by atoms with Gasteiger partial charge in [-0.1, -0.05) is 0 Å². The quantitative estimate of drug-likeness (QED) is 0.725. The van der Waals surface area contributed by atoms with E-state index in [1.165, 1.54) is 4.90 Å². The highest BCUT2D eigenvalue weighted by Gasteiger charge is 2.32. The van der Waals surface area contributed by atoms with Crippen molar-refractivity contribution in [3.05, 3.63) is 0 Å². The standard InChI is InChI=1S/C11H18N2O5S/c14-10(15)8-2-1-4-13(6-8)11(16)12-9-3-5-19(17,18)7-9/h8-9H,1-7H2,(H,12,16)(H,14,15). The van der Waals surface area contributed by atoms with Gasteiger partial charge in [-0.05, 0) is 19.3 Å². The summed E-state index contributed by atoms with van der Waals surface area (Å²) in [5.74, 6) is -1.32. The molecule has 2 N–H and O–H groups in total. The second kappa shape index (κ2) is 5.36. The molecule has 2 unspecified atom stereocenters. The van der Waals surface area contributed by atoms with Gasteiger partial charge in [-0.15, -0.1) is 0 Å². The third kappa shape index (κ3) is 3.59. The van der Waals surface area contributed by atoms with Gasteiger partial charge in [-0.3, -0.25) is 4.79 Å². The summed E-state index contributed by atoms with van der Waals surface area (Å²) >= 11 is 0. The number of likely N-dealkylation sites (tertiary alicyclic amines) is 1. The Morgan fingerprint density at radius 3 is 2.58 bits per heavy atom. The van der Waals surface area contributed by atoms with E-state index in [1.807, 2.05) is 0 Å². The zero-order valence-electron chi connectivity index (χ0n) is 10.5. The fourth-order valence-corrected chi connectivity index (χ4v) is 4.21. The van der Waals surface area contributed by atoms with Gasteiger partial charge in [0, 0.05) is 19.1 Å². The highest BCUT2D eigenvalue weighted by atomic mass is 32.2. The molecule has 0 aliphatic carbocycles. The van der Waals surface area contributed by atoms with E-state index < -0.39 is 21.7 Å². The van der Waals surface area contributed by atoms with Gasteiger partial charge in [0.15, 0.2) is 9.84 Å². The van der Waals surface area contributed by atoms with E-state index in [0.29, 0.717) is 25.8 Å². The fraction of sp³-hybridized carbons (Fsp3) is 0.818. The first-order chi connectivity index (χ1) is 8.87. The van der Waals surface area contributed by atoms with Crippen LogP contribution in [0.3, 0.4) is 0 Å². The second-order valence-electron chi connectivity index (χ2n) is 5.17. The van der Waals surface area contributed by atoms with Crippen molar-refractivity contribution >= 4 is 21.8 Å². The highest BCUT2D eigenvalue weighted by molar-refractivity contribution is 7.91. The van der Waals surface area contributed by atoms with Crippen molar-refractivity contribution in [2.75, 3.05) is 24.6 Å². The molecule has 0 aromatic heterocycles. The molecule has 0 radical (unpaired) electrons. The molecular weight excluding hydrogens is 272 g/mol. The largest absolute Gasteiger partial charge is 0.481 e. The van der Waals surface area contributed by atoms with Gasteiger partial charge in [0.2, 0.25) is 0 Å². The van der Waals surface area contributed by atoms with Crippen LogP contribution in [0.4, 0.5) is 4.79 Å². The molecule has 2 rings (SSSR count). The lowest BCUT2D eigenvalue weighted by Crippen LogP contribution is -2.50. The maximum atomic E-state index is 12.0. The highest BCUT2D eigenvalue weighted by Crippen LogP contribution is 2.17. The lowest BCUT2D eigenvalue weighted by atomic mass is 9.99. The number of aliphatic carboxylic acids is 1. The average molecular weight is 290 g/mol. The smallest absolute Gasteiger partial charge is 0.317 e. The van der Waals surface area contributed by atoms with Crippen LogP contribution in [0.1, 0.15) is 19.3 Å². The first-order valence-corrected chi connectivity index (χ1v) is 8.18. The van der Waals surface area contributed by atoms with Crippen LogP contribution >= 0.6 is 0 Å². The van der Waals surface area contributed by atoms with E-state index in [2.05, 4.69) is 5.32 Å². The van der Waals surface area contributed by atoms with Crippen molar-refractivity contribution in [2.24, 2.45) is 5.92 Å². The Balaban J connectivity index is 1.88. The molecule has 2 fully saturated rings. The Kier molecular flexibility index (Phi) is 3.98. The number of nitrogens with zero attached hydrogens (tertiary/aromatic N) is 1. The minimum atomic E-state index is -3.02. The number of carbonyl (C=O) groups is 2. The Labute approximate surface area is 111 Å². The summed E-state index contributed by atoms with van der Waals surface area (Å²) in [4.78, 5) is 24.3. The number of hydrogen-bond acceptors (Lipinski definition) is 4. The van der Waals surface area contributed by atoms with Crippen LogP contribution in [0.25, 0.3) is 0 Å². The Bertz CT molecular complexity index is 475. The first-order valence-electron chi connectivity index (χ1n) is 6.36. The van der Waals surface area contributed by atoms with Gasteiger partial charge >= 0.3 is 12.0 Å². The number of sulfone groups is 1. The summed E-state index contributed by atoms with van der Waals surface area (Å²) in [5.41, 5.74) is 0. The predicted molar refractivity (Wildman–Crippen MR) is 67.5 cm³/mol. The molecule has 2 heterocycles. The molecule has 2 atom stereocenters. The molecule has 2 saturated heterocycles. The van der Waals surface area contributed by atoms with E-state index >= 15 is 0 Å². The molecule has 108 valence electrons. The zero-order chi connectivity index (χ0) is 14.0. The monoisotopic (exact) mass is 290 g/mol. The minimum absolute atomic E-state index is 0.0189. The molecule has 2 aliphatic rings. The molecule has 0 bridgehead atoms. The number of hydrogen-bond donors (Lipinski definition) is 2. The molecule has 19 heavy (non-hydrogen) atoms. The third-order valence-electron chi connectivity index (χ3n) is 3.62. The zero-order valence-corrected chi connectivity index (χ0v) is 11.4. The minimum Gasteiger partial charge on any atom is -0.481 e. The van der Waals surface area contributed by atoms with Crippen molar-refractivity contribution in [1.29, 1.82) is 0 Å². The van der Waals surface area contributed by atoms with Crippen molar-refractivity contribution in [3.63, 3.8) is 0 Å². The summed E-state index contributed by atoms with van der Waals surface area (Å²) in [7, 11) is -3.02. The molecule has 8 heteroatoms. The van der Waals surface area contributed by atoms with Crippen molar-refractivity contribution < 1.29 is 23.1 Å². The Hall–Kier alpha value is -1.31. The maximum absolute atomic E-state index is 12.0. The van der Waals surface area contributed by atoms with Gasteiger partial charge in [0.25, 0.3) is 0 Å². The number of nitrogens with one attached hydrogen (secondary N) is 1. The normalized spacial score (nSPS) is 30.0. The molecule has 7 nitrogen and oxygen atoms in total. The average Bonchev–Trinajstić information content (AvgIpc) is 2.68. The Morgan fingerprint density at radius 2 is 2.00 bits per heavy atom. The van der Waals surface area contributed by atoms with Crippen LogP contribution in [-0.4, -0.2) is 61.1 Å². The van der Waals surface area contributed by atoms with Gasteiger partial charge in [-0.25, -0.2) is 13.2 Å². The molecule has 0 aromatic carbocycles. The maximum Gasteiger partial charge on any atom is 0.317 e. The van der Waals surface area contributed by atoms with Crippen molar-refractivity contribution in [1.82, 2.24) is 10.2 Å². The van der Waals surface area contributed by atoms with E-state index in [4.69, 9.17) is 5.11 Å². The van der Waals surface area contributed by atoms with Crippen LogP contribution in [0.5, 0.6) is 0 Å². The number of carboxylic acid groups (broad SMARTS) is 1. The number of amides is 2. The summed E-state index contributed by atoms with van der Waals surface area (Å²) in [5, 5.41) is 11.6. The molecule has 2 amide bonds. The molecular formula is C11H18N2O5S. The van der Waals surface area contributed by atoms with Gasteiger partial charge in [-0.2, -0.15) is 0 Å². The third-order valence-corrected chi connectivity index (χ3v) is 5.39. The van der Waals surface area contributed by atoms with Crippen molar-refractivity contribution in [3.8, 4) is 0 Å². The van der Waals surface area contributed by atoms with Gasteiger partial charge < -0.3 is 15.3 Å². The number of rotatable bonds is 2. The number of urea groups is 1. The molecule has 0 spiro atoms. The summed E-state index contributed by atoms with van der Waals surface area (Å²) in [6.45, 7) is 0.718.